The van der Waals surface area contributed by atoms with Crippen LogP contribution in [-0.4, -0.2) is 41.3 Å². The zero-order valence-corrected chi connectivity index (χ0v) is 12.2. The van der Waals surface area contributed by atoms with Crippen LogP contribution in [0.3, 0.4) is 0 Å². The zero-order valence-electron chi connectivity index (χ0n) is 9.80. The fraction of sp³-hybridized carbons (Fsp3) is 0.400. The molecule has 0 amide bonds. The maximum atomic E-state index is 11.0. The molecule has 0 bridgehead atoms. The second kappa shape index (κ2) is 5.33. The highest BCUT2D eigenvalue weighted by Crippen LogP contribution is 2.10. The van der Waals surface area contributed by atoms with Gasteiger partial charge in [0.15, 0.2) is 5.65 Å². The summed E-state index contributed by atoms with van der Waals surface area (Å²) < 4.78 is 24.6. The molecule has 2 aromatic rings. The first kappa shape index (κ1) is 13.4. The van der Waals surface area contributed by atoms with Crippen LogP contribution < -0.4 is 5.32 Å². The van der Waals surface area contributed by atoms with Crippen molar-refractivity contribution in [1.82, 2.24) is 19.7 Å². The Kier molecular flexibility index (Phi) is 3.98. The minimum Gasteiger partial charge on any atom is -0.310 e. The Balaban J connectivity index is 2.02. The van der Waals surface area contributed by atoms with Gasteiger partial charge in [-0.05, 0) is 15.9 Å². The lowest BCUT2D eigenvalue weighted by Gasteiger charge is -2.04. The van der Waals surface area contributed by atoms with Crippen molar-refractivity contribution in [2.24, 2.45) is 0 Å². The van der Waals surface area contributed by atoms with E-state index in [1.54, 1.807) is 12.4 Å². The molecule has 0 radical (unpaired) electrons. The van der Waals surface area contributed by atoms with Crippen molar-refractivity contribution in [3.05, 3.63) is 28.9 Å². The van der Waals surface area contributed by atoms with Crippen molar-refractivity contribution in [1.29, 1.82) is 0 Å². The summed E-state index contributed by atoms with van der Waals surface area (Å²) >= 11 is 3.30. The van der Waals surface area contributed by atoms with E-state index >= 15 is 0 Å². The average molecular weight is 333 g/mol. The van der Waals surface area contributed by atoms with Gasteiger partial charge in [0.05, 0.1) is 23.8 Å². The van der Waals surface area contributed by atoms with E-state index in [4.69, 9.17) is 0 Å². The summed E-state index contributed by atoms with van der Waals surface area (Å²) in [7, 11) is -2.92. The van der Waals surface area contributed by atoms with Crippen molar-refractivity contribution < 1.29 is 8.42 Å². The molecule has 0 unspecified atom stereocenters. The highest BCUT2D eigenvalue weighted by atomic mass is 79.9. The van der Waals surface area contributed by atoms with E-state index in [9.17, 15) is 8.42 Å². The first-order valence-electron chi connectivity index (χ1n) is 5.31. The van der Waals surface area contributed by atoms with Crippen LogP contribution >= 0.6 is 15.9 Å². The largest absolute Gasteiger partial charge is 0.310 e. The predicted octanol–water partition coefficient (Wildman–Crippen LogP) is 0.626. The monoisotopic (exact) mass is 332 g/mol. The molecule has 0 fully saturated rings. The van der Waals surface area contributed by atoms with E-state index in [0.29, 0.717) is 13.1 Å². The number of halogens is 1. The Morgan fingerprint density at radius 1 is 1.39 bits per heavy atom. The molecule has 98 valence electrons. The normalized spacial score (nSPS) is 12.1. The third-order valence-corrected chi connectivity index (χ3v) is 3.75. The highest BCUT2D eigenvalue weighted by molar-refractivity contribution is 9.10. The van der Waals surface area contributed by atoms with Gasteiger partial charge in [0, 0.05) is 25.5 Å². The maximum absolute atomic E-state index is 11.0. The third-order valence-electron chi connectivity index (χ3n) is 2.40. The summed E-state index contributed by atoms with van der Waals surface area (Å²) in [5, 5.41) is 3.08. The molecule has 2 heterocycles. The van der Waals surface area contributed by atoms with E-state index in [0.717, 1.165) is 15.9 Å². The van der Waals surface area contributed by atoms with Crippen molar-refractivity contribution in [2.75, 3.05) is 18.6 Å². The molecule has 18 heavy (non-hydrogen) atoms. The second-order valence-electron chi connectivity index (χ2n) is 3.99. The van der Waals surface area contributed by atoms with Gasteiger partial charge in [-0.25, -0.2) is 18.4 Å². The van der Waals surface area contributed by atoms with Gasteiger partial charge in [-0.2, -0.15) is 0 Å². The number of imidazole rings is 1. The van der Waals surface area contributed by atoms with Gasteiger partial charge in [-0.15, -0.1) is 0 Å². The third kappa shape index (κ3) is 3.50. The van der Waals surface area contributed by atoms with Crippen LogP contribution in [0.1, 0.15) is 5.69 Å². The number of sulfone groups is 1. The lowest BCUT2D eigenvalue weighted by Crippen LogP contribution is -2.22. The van der Waals surface area contributed by atoms with Gasteiger partial charge in [0.1, 0.15) is 14.4 Å². The van der Waals surface area contributed by atoms with E-state index in [2.05, 4.69) is 31.2 Å². The Morgan fingerprint density at radius 3 is 2.89 bits per heavy atom. The topological polar surface area (TPSA) is 76.4 Å². The SMILES string of the molecule is CS(=O)(=O)CCNCc1cnc2cnc(Br)cn12. The molecule has 0 atom stereocenters. The number of rotatable bonds is 5. The van der Waals surface area contributed by atoms with Crippen LogP contribution in [-0.2, 0) is 16.4 Å². The molecule has 2 aromatic heterocycles. The zero-order chi connectivity index (χ0) is 13.2. The first-order valence-corrected chi connectivity index (χ1v) is 8.17. The molecular weight excluding hydrogens is 320 g/mol. The Hall–Kier alpha value is -0.990. The number of nitrogens with zero attached hydrogens (tertiary/aromatic N) is 3. The minimum absolute atomic E-state index is 0.134. The first-order chi connectivity index (χ1) is 8.46. The Bertz CT molecular complexity index is 653. The molecule has 0 aliphatic carbocycles. The van der Waals surface area contributed by atoms with Gasteiger partial charge in [-0.1, -0.05) is 0 Å². The molecule has 6 nitrogen and oxygen atoms in total. The molecule has 0 aliphatic heterocycles. The summed E-state index contributed by atoms with van der Waals surface area (Å²) in [5.41, 5.74) is 1.72. The number of aromatic nitrogens is 3. The predicted molar refractivity (Wildman–Crippen MR) is 72.1 cm³/mol. The van der Waals surface area contributed by atoms with Crippen LogP contribution in [0.25, 0.3) is 5.65 Å². The van der Waals surface area contributed by atoms with Crippen molar-refractivity contribution in [3.63, 3.8) is 0 Å². The average Bonchev–Trinajstić information content (AvgIpc) is 2.66. The van der Waals surface area contributed by atoms with E-state index in [-0.39, 0.29) is 5.75 Å². The highest BCUT2D eigenvalue weighted by Gasteiger charge is 2.05. The molecule has 8 heteroatoms. The molecule has 0 saturated heterocycles. The lowest BCUT2D eigenvalue weighted by molar-refractivity contribution is 0.595. The number of hydrogen-bond donors (Lipinski definition) is 1. The van der Waals surface area contributed by atoms with Crippen LogP contribution in [0.2, 0.25) is 0 Å². The second-order valence-corrected chi connectivity index (χ2v) is 7.07. The Labute approximate surface area is 113 Å². The van der Waals surface area contributed by atoms with Crippen LogP contribution in [0, 0.1) is 0 Å². The van der Waals surface area contributed by atoms with Crippen LogP contribution in [0.15, 0.2) is 23.2 Å². The van der Waals surface area contributed by atoms with E-state index < -0.39 is 9.84 Å². The molecule has 2 rings (SSSR count). The Morgan fingerprint density at radius 2 is 2.17 bits per heavy atom. The fourth-order valence-electron chi connectivity index (χ4n) is 1.52. The van der Waals surface area contributed by atoms with E-state index in [1.165, 1.54) is 6.26 Å². The number of hydrogen-bond acceptors (Lipinski definition) is 5. The molecule has 0 aromatic carbocycles. The summed E-state index contributed by atoms with van der Waals surface area (Å²) in [6.07, 6.45) is 6.47. The number of nitrogens with one attached hydrogen (secondary N) is 1. The summed E-state index contributed by atoms with van der Waals surface area (Å²) in [6, 6.07) is 0. The summed E-state index contributed by atoms with van der Waals surface area (Å²) in [5.74, 6) is 0.134. The van der Waals surface area contributed by atoms with Crippen molar-refractivity contribution in [2.45, 2.75) is 6.54 Å². The number of fused-ring (bicyclic) bond motifs is 1. The summed E-state index contributed by atoms with van der Waals surface area (Å²) in [6.45, 7) is 0.992. The van der Waals surface area contributed by atoms with E-state index in [1.807, 2.05) is 10.6 Å². The maximum Gasteiger partial charge on any atom is 0.155 e. The molecule has 0 spiro atoms. The summed E-state index contributed by atoms with van der Waals surface area (Å²) in [4.78, 5) is 8.29. The minimum atomic E-state index is -2.92. The molecule has 0 aliphatic rings. The van der Waals surface area contributed by atoms with Crippen LogP contribution in [0.4, 0.5) is 0 Å². The van der Waals surface area contributed by atoms with Crippen molar-refractivity contribution >= 4 is 31.4 Å². The van der Waals surface area contributed by atoms with Gasteiger partial charge in [0.2, 0.25) is 0 Å². The molecule has 1 N–H and O–H groups in total. The van der Waals surface area contributed by atoms with Crippen molar-refractivity contribution in [3.8, 4) is 0 Å². The molecular formula is C10H13BrN4O2S. The quantitative estimate of drug-likeness (QED) is 0.812. The lowest BCUT2D eigenvalue weighted by atomic mass is 10.4. The van der Waals surface area contributed by atoms with Gasteiger partial charge in [0.25, 0.3) is 0 Å². The van der Waals surface area contributed by atoms with Crippen LogP contribution in [0.5, 0.6) is 0 Å². The van der Waals surface area contributed by atoms with Gasteiger partial charge in [-0.3, -0.25) is 4.40 Å². The standard InChI is InChI=1S/C10H13BrN4O2S/c1-18(16,17)3-2-12-4-8-5-14-10-6-13-9(11)7-15(8)10/h5-7,12H,2-4H2,1H3. The van der Waals surface area contributed by atoms with Gasteiger partial charge < -0.3 is 5.32 Å². The van der Waals surface area contributed by atoms with Gasteiger partial charge >= 0.3 is 0 Å². The smallest absolute Gasteiger partial charge is 0.155 e. The molecule has 0 saturated carbocycles. The fourth-order valence-corrected chi connectivity index (χ4v) is 2.34.